The maximum Gasteiger partial charge on any atom is 0.0784 e. The molecule has 0 aliphatic rings. The van der Waals surface area contributed by atoms with Gasteiger partial charge in [-0.2, -0.15) is 0 Å². The molecule has 0 heterocycles. The van der Waals surface area contributed by atoms with Gasteiger partial charge in [0.1, 0.15) is 0 Å². The molecular weight excluding hydrogens is 388 g/mol. The van der Waals surface area contributed by atoms with Gasteiger partial charge in [0.25, 0.3) is 0 Å². The van der Waals surface area contributed by atoms with Crippen molar-refractivity contribution in [3.8, 4) is 22.3 Å². The molecule has 0 atom stereocenters. The van der Waals surface area contributed by atoms with Crippen LogP contribution < -0.4 is 5.19 Å². The lowest BCUT2D eigenvalue weighted by Crippen LogP contribution is -2.38. The average Bonchev–Trinajstić information content (AvgIpc) is 2.79. The molecule has 0 aliphatic heterocycles. The van der Waals surface area contributed by atoms with E-state index in [-0.39, 0.29) is 0 Å². The van der Waals surface area contributed by atoms with Gasteiger partial charge in [0, 0.05) is 0 Å². The van der Waals surface area contributed by atoms with E-state index in [0.29, 0.717) is 0 Å². The molecule has 0 bridgehead atoms. The van der Waals surface area contributed by atoms with Gasteiger partial charge in [0.15, 0.2) is 0 Å². The molecule has 5 aromatic carbocycles. The van der Waals surface area contributed by atoms with E-state index < -0.39 is 8.07 Å². The Kier molecular flexibility index (Phi) is 4.79. The molecule has 0 nitrogen and oxygen atoms in total. The Balaban J connectivity index is 1.91. The summed E-state index contributed by atoms with van der Waals surface area (Å²) in [7, 11) is -1.50. The van der Waals surface area contributed by atoms with Gasteiger partial charge in [0.2, 0.25) is 0 Å². The van der Waals surface area contributed by atoms with Crippen molar-refractivity contribution in [3.63, 3.8) is 0 Å². The summed E-state index contributed by atoms with van der Waals surface area (Å²) in [5, 5.41) is 6.85. The maximum atomic E-state index is 2.44. The number of aryl methyl sites for hydroxylation is 1. The maximum absolute atomic E-state index is 2.44. The lowest BCUT2D eigenvalue weighted by molar-refractivity contribution is 1.52. The summed E-state index contributed by atoms with van der Waals surface area (Å²) in [6, 6.07) is 35.7. The van der Waals surface area contributed by atoms with Crippen LogP contribution in [-0.2, 0) is 0 Å². The van der Waals surface area contributed by atoms with Gasteiger partial charge < -0.3 is 0 Å². The second-order valence-corrected chi connectivity index (χ2v) is 14.5. The van der Waals surface area contributed by atoms with E-state index in [4.69, 9.17) is 0 Å². The highest BCUT2D eigenvalue weighted by molar-refractivity contribution is 6.89. The Hall–Kier alpha value is -3.16. The first-order chi connectivity index (χ1) is 15.0. The molecule has 5 rings (SSSR count). The van der Waals surface area contributed by atoms with Crippen molar-refractivity contribution < 1.29 is 0 Å². The van der Waals surface area contributed by atoms with Crippen LogP contribution in [0.1, 0.15) is 5.56 Å². The van der Waals surface area contributed by atoms with Crippen molar-refractivity contribution in [2.24, 2.45) is 0 Å². The Morgan fingerprint density at radius 2 is 0.903 bits per heavy atom. The van der Waals surface area contributed by atoms with Crippen molar-refractivity contribution >= 4 is 34.8 Å². The molecule has 0 aliphatic carbocycles. The topological polar surface area (TPSA) is 0 Å². The number of benzene rings is 5. The van der Waals surface area contributed by atoms with E-state index in [2.05, 4.69) is 124 Å². The minimum absolute atomic E-state index is 1.33. The smallest absolute Gasteiger partial charge is 0.0656 e. The number of fused-ring (bicyclic) bond motifs is 3. The van der Waals surface area contributed by atoms with Crippen LogP contribution in [0.4, 0.5) is 0 Å². The van der Waals surface area contributed by atoms with Crippen molar-refractivity contribution in [1.82, 2.24) is 0 Å². The molecule has 0 saturated carbocycles. The third-order valence-corrected chi connectivity index (χ3v) is 8.47. The minimum Gasteiger partial charge on any atom is -0.0656 e. The van der Waals surface area contributed by atoms with Gasteiger partial charge in [-0.3, -0.25) is 0 Å². The molecule has 0 saturated heterocycles. The fourth-order valence-electron chi connectivity index (χ4n) is 4.97. The quantitative estimate of drug-likeness (QED) is 0.205. The second-order valence-electron chi connectivity index (χ2n) is 9.43. The molecule has 152 valence electrons. The monoisotopic (exact) mass is 416 g/mol. The van der Waals surface area contributed by atoms with Gasteiger partial charge in [-0.1, -0.05) is 122 Å². The van der Waals surface area contributed by atoms with Crippen molar-refractivity contribution in [2.75, 3.05) is 0 Å². The molecule has 0 spiro atoms. The average molecular weight is 417 g/mol. The zero-order valence-corrected chi connectivity index (χ0v) is 19.7. The molecule has 0 amide bonds. The van der Waals surface area contributed by atoms with E-state index in [0.717, 1.165) is 0 Å². The third-order valence-electron chi connectivity index (χ3n) is 6.41. The zero-order chi connectivity index (χ0) is 21.6. The highest BCUT2D eigenvalue weighted by atomic mass is 28.3. The summed E-state index contributed by atoms with van der Waals surface area (Å²) in [5.74, 6) is 0. The Morgan fingerprint density at radius 3 is 1.55 bits per heavy atom. The van der Waals surface area contributed by atoms with Crippen LogP contribution in [0.15, 0.2) is 97.1 Å². The summed E-state index contributed by atoms with van der Waals surface area (Å²) in [6.45, 7) is 9.59. The summed E-state index contributed by atoms with van der Waals surface area (Å²) in [6.07, 6.45) is 0. The van der Waals surface area contributed by atoms with E-state index in [1.165, 1.54) is 54.5 Å². The van der Waals surface area contributed by atoms with Gasteiger partial charge in [0.05, 0.1) is 8.07 Å². The van der Waals surface area contributed by atoms with E-state index in [9.17, 15) is 0 Å². The molecule has 5 aromatic rings. The second kappa shape index (κ2) is 7.51. The molecule has 0 unspecified atom stereocenters. The normalized spacial score (nSPS) is 11.9. The van der Waals surface area contributed by atoms with Gasteiger partial charge in [-0.05, 0) is 56.3 Å². The summed E-state index contributed by atoms with van der Waals surface area (Å²) in [5.41, 5.74) is 6.76. The summed E-state index contributed by atoms with van der Waals surface area (Å²) < 4.78 is 0. The molecule has 1 heteroatoms. The predicted octanol–water partition coefficient (Wildman–Crippen LogP) is 8.18. The Morgan fingerprint density at radius 1 is 0.452 bits per heavy atom. The number of hydrogen-bond donors (Lipinski definition) is 0. The first-order valence-corrected chi connectivity index (χ1v) is 14.6. The summed E-state index contributed by atoms with van der Waals surface area (Å²) >= 11 is 0. The number of rotatable bonds is 3. The zero-order valence-electron chi connectivity index (χ0n) is 18.7. The van der Waals surface area contributed by atoms with Crippen LogP contribution in [0.3, 0.4) is 0 Å². The van der Waals surface area contributed by atoms with Crippen molar-refractivity contribution in [2.45, 2.75) is 26.6 Å². The molecule has 0 aromatic heterocycles. The predicted molar refractivity (Wildman–Crippen MR) is 140 cm³/mol. The molecule has 0 fully saturated rings. The Labute approximate surface area is 186 Å². The van der Waals surface area contributed by atoms with Crippen LogP contribution in [0.2, 0.25) is 19.6 Å². The summed E-state index contributed by atoms with van der Waals surface area (Å²) in [4.78, 5) is 0. The standard InChI is InChI=1S/C30H28Si/c1-21-22-13-5-6-14-23(22)24-15-7-9-18-27(24)30(21)28-19-10-8-16-25(28)26-17-11-12-20-29(26)31(2,3)4/h5-20H,1-4H3. The first kappa shape index (κ1) is 19.8. The molecule has 0 radical (unpaired) electrons. The number of hydrogen-bond acceptors (Lipinski definition) is 0. The molecule has 0 N–H and O–H groups in total. The van der Waals surface area contributed by atoms with Crippen molar-refractivity contribution in [1.29, 1.82) is 0 Å². The lowest BCUT2D eigenvalue weighted by Gasteiger charge is -2.24. The molecule has 31 heavy (non-hydrogen) atoms. The van der Waals surface area contributed by atoms with E-state index in [1.807, 2.05) is 0 Å². The van der Waals surface area contributed by atoms with E-state index >= 15 is 0 Å². The SMILES string of the molecule is Cc1c(-c2ccccc2-c2ccccc2[Si](C)(C)C)c2ccccc2c2ccccc12. The van der Waals surface area contributed by atoms with Crippen LogP contribution >= 0.6 is 0 Å². The fraction of sp³-hybridized carbons (Fsp3) is 0.133. The van der Waals surface area contributed by atoms with Crippen LogP contribution in [0.25, 0.3) is 43.8 Å². The van der Waals surface area contributed by atoms with Gasteiger partial charge >= 0.3 is 0 Å². The first-order valence-electron chi connectivity index (χ1n) is 11.1. The molecular formula is C30H28Si. The lowest BCUT2D eigenvalue weighted by atomic mass is 9.85. The largest absolute Gasteiger partial charge is 0.0784 e. The van der Waals surface area contributed by atoms with Crippen LogP contribution in [0.5, 0.6) is 0 Å². The van der Waals surface area contributed by atoms with Crippen LogP contribution in [0, 0.1) is 6.92 Å². The Bertz CT molecular complexity index is 1420. The highest BCUT2D eigenvalue weighted by Gasteiger charge is 2.23. The van der Waals surface area contributed by atoms with E-state index in [1.54, 1.807) is 0 Å². The third kappa shape index (κ3) is 3.30. The van der Waals surface area contributed by atoms with Gasteiger partial charge in [-0.15, -0.1) is 0 Å². The van der Waals surface area contributed by atoms with Crippen molar-refractivity contribution in [3.05, 3.63) is 103 Å². The fourth-order valence-corrected chi connectivity index (χ4v) is 6.59. The van der Waals surface area contributed by atoms with Crippen LogP contribution in [-0.4, -0.2) is 8.07 Å². The minimum atomic E-state index is -1.50. The van der Waals surface area contributed by atoms with Gasteiger partial charge in [-0.25, -0.2) is 0 Å². The highest BCUT2D eigenvalue weighted by Crippen LogP contribution is 2.42.